The summed E-state index contributed by atoms with van der Waals surface area (Å²) >= 11 is 0. The summed E-state index contributed by atoms with van der Waals surface area (Å²) < 4.78 is 25.7. The Balaban J connectivity index is 3.06. The highest BCUT2D eigenvalue weighted by molar-refractivity contribution is 7.89. The molecule has 0 aromatic heterocycles. The fourth-order valence-electron chi connectivity index (χ4n) is 1.68. The molecule has 1 aromatic carbocycles. The summed E-state index contributed by atoms with van der Waals surface area (Å²) in [5, 5.41) is 11.6. The maximum atomic E-state index is 12.4. The van der Waals surface area contributed by atoms with Gasteiger partial charge in [0.1, 0.15) is 11.0 Å². The lowest BCUT2D eigenvalue weighted by molar-refractivity contribution is -0.121. The summed E-state index contributed by atoms with van der Waals surface area (Å²) in [6.07, 6.45) is 0. The molecule has 0 atom stereocenters. The number of carbonyl (C=O) groups is 1. The molecule has 0 bridgehead atoms. The lowest BCUT2D eigenvalue weighted by Crippen LogP contribution is -2.41. The average molecular weight is 310 g/mol. The number of amides is 1. The lowest BCUT2D eigenvalue weighted by atomic mass is 10.2. The predicted octanol–water partition coefficient (Wildman–Crippen LogP) is 0.286. The number of likely N-dealkylation sites (N-methyl/N-ethyl adjacent to an activating group) is 1. The van der Waals surface area contributed by atoms with E-state index in [4.69, 9.17) is 11.0 Å². The molecule has 1 aromatic rings. The van der Waals surface area contributed by atoms with Gasteiger partial charge in [0.05, 0.1) is 12.1 Å². The largest absolute Gasteiger partial charge is 0.399 e. The second-order valence-corrected chi connectivity index (χ2v) is 6.86. The third kappa shape index (κ3) is 4.18. The van der Waals surface area contributed by atoms with Gasteiger partial charge >= 0.3 is 0 Å². The van der Waals surface area contributed by atoms with Gasteiger partial charge < -0.3 is 11.1 Å². The highest BCUT2D eigenvalue weighted by atomic mass is 32.2. The first kappa shape index (κ1) is 16.9. The number of nitrogen functional groups attached to an aromatic ring is 1. The SMILES string of the molecule is CC(C)NC(=O)CN(C)S(=O)(=O)c1ccc(N)cc1C#N. The van der Waals surface area contributed by atoms with E-state index in [9.17, 15) is 13.2 Å². The van der Waals surface area contributed by atoms with Crippen molar-refractivity contribution in [2.24, 2.45) is 0 Å². The first-order valence-electron chi connectivity index (χ1n) is 6.23. The fraction of sp³-hybridized carbons (Fsp3) is 0.385. The van der Waals surface area contributed by atoms with Crippen molar-refractivity contribution in [2.45, 2.75) is 24.8 Å². The van der Waals surface area contributed by atoms with E-state index in [0.717, 1.165) is 4.31 Å². The standard InChI is InChI=1S/C13H18N4O3S/c1-9(2)16-13(18)8-17(3)21(19,20)12-5-4-11(15)6-10(12)7-14/h4-6,9H,8,15H2,1-3H3,(H,16,18). The Bertz CT molecular complexity index is 677. The normalized spacial score (nSPS) is 11.4. The Morgan fingerprint density at radius 3 is 2.62 bits per heavy atom. The monoisotopic (exact) mass is 310 g/mol. The van der Waals surface area contributed by atoms with E-state index >= 15 is 0 Å². The van der Waals surface area contributed by atoms with Crippen molar-refractivity contribution >= 4 is 21.6 Å². The van der Waals surface area contributed by atoms with Crippen LogP contribution in [0, 0.1) is 11.3 Å². The van der Waals surface area contributed by atoms with Gasteiger partial charge in [0.15, 0.2) is 0 Å². The zero-order chi connectivity index (χ0) is 16.2. The van der Waals surface area contributed by atoms with Crippen LogP contribution in [0.1, 0.15) is 19.4 Å². The molecule has 0 aliphatic heterocycles. The number of benzene rings is 1. The van der Waals surface area contributed by atoms with Crippen LogP contribution in [-0.2, 0) is 14.8 Å². The molecule has 0 radical (unpaired) electrons. The quantitative estimate of drug-likeness (QED) is 0.758. The molecule has 0 heterocycles. The van der Waals surface area contributed by atoms with E-state index in [1.54, 1.807) is 19.9 Å². The zero-order valence-corrected chi connectivity index (χ0v) is 12.9. The summed E-state index contributed by atoms with van der Waals surface area (Å²) in [5.41, 5.74) is 5.78. The molecule has 0 fully saturated rings. The van der Waals surface area contributed by atoms with Crippen molar-refractivity contribution in [3.8, 4) is 6.07 Å². The number of nitriles is 1. The van der Waals surface area contributed by atoms with Gasteiger partial charge in [0.2, 0.25) is 15.9 Å². The second-order valence-electron chi connectivity index (χ2n) is 4.85. The van der Waals surface area contributed by atoms with Crippen LogP contribution in [0.5, 0.6) is 0 Å². The van der Waals surface area contributed by atoms with Crippen LogP contribution >= 0.6 is 0 Å². The molecule has 7 nitrogen and oxygen atoms in total. The first-order valence-corrected chi connectivity index (χ1v) is 7.67. The van der Waals surface area contributed by atoms with Gasteiger partial charge in [-0.3, -0.25) is 4.79 Å². The molecule has 1 rings (SSSR count). The molecule has 114 valence electrons. The van der Waals surface area contributed by atoms with Gasteiger partial charge in [-0.2, -0.15) is 9.57 Å². The number of rotatable bonds is 5. The molecular weight excluding hydrogens is 292 g/mol. The summed E-state index contributed by atoms with van der Waals surface area (Å²) in [4.78, 5) is 11.5. The van der Waals surface area contributed by atoms with Crippen LogP contribution in [0.15, 0.2) is 23.1 Å². The minimum Gasteiger partial charge on any atom is -0.399 e. The summed E-state index contributed by atoms with van der Waals surface area (Å²) in [6.45, 7) is 3.23. The number of hydrogen-bond donors (Lipinski definition) is 2. The van der Waals surface area contributed by atoms with E-state index in [2.05, 4.69) is 5.32 Å². The van der Waals surface area contributed by atoms with Crippen LogP contribution in [0.4, 0.5) is 5.69 Å². The fourth-order valence-corrected chi connectivity index (χ4v) is 2.93. The van der Waals surface area contributed by atoms with Crippen LogP contribution in [-0.4, -0.2) is 38.3 Å². The number of anilines is 1. The maximum Gasteiger partial charge on any atom is 0.244 e. The Morgan fingerprint density at radius 2 is 2.10 bits per heavy atom. The molecule has 0 spiro atoms. The van der Waals surface area contributed by atoms with Crippen LogP contribution < -0.4 is 11.1 Å². The number of carbonyl (C=O) groups excluding carboxylic acids is 1. The molecule has 21 heavy (non-hydrogen) atoms. The molecule has 0 saturated heterocycles. The number of nitrogens with zero attached hydrogens (tertiary/aromatic N) is 2. The van der Waals surface area contributed by atoms with Gasteiger partial charge in [-0.05, 0) is 32.0 Å². The highest BCUT2D eigenvalue weighted by Gasteiger charge is 2.26. The Kier molecular flexibility index (Phi) is 5.29. The molecule has 3 N–H and O–H groups in total. The number of nitrogens with one attached hydrogen (secondary N) is 1. The second kappa shape index (κ2) is 6.56. The molecule has 1 amide bonds. The molecule has 0 aliphatic carbocycles. The van der Waals surface area contributed by atoms with E-state index in [0.29, 0.717) is 5.69 Å². The molecule has 0 unspecified atom stereocenters. The first-order chi connectivity index (χ1) is 9.68. The smallest absolute Gasteiger partial charge is 0.244 e. The lowest BCUT2D eigenvalue weighted by Gasteiger charge is -2.18. The van der Waals surface area contributed by atoms with Gasteiger partial charge in [-0.1, -0.05) is 0 Å². The minimum absolute atomic E-state index is 0.0499. The number of nitrogens with two attached hydrogens (primary N) is 1. The molecule has 8 heteroatoms. The van der Waals surface area contributed by atoms with Crippen LogP contribution in [0.2, 0.25) is 0 Å². The number of sulfonamides is 1. The highest BCUT2D eigenvalue weighted by Crippen LogP contribution is 2.21. The minimum atomic E-state index is -3.93. The third-order valence-corrected chi connectivity index (χ3v) is 4.49. The maximum absolute atomic E-state index is 12.4. The van der Waals surface area contributed by atoms with E-state index < -0.39 is 15.9 Å². The van der Waals surface area contributed by atoms with Gasteiger partial charge in [-0.25, -0.2) is 8.42 Å². The van der Waals surface area contributed by atoms with Crippen molar-refractivity contribution in [3.05, 3.63) is 23.8 Å². The average Bonchev–Trinajstić information content (AvgIpc) is 2.36. The summed E-state index contributed by atoms with van der Waals surface area (Å²) in [5.74, 6) is -0.412. The van der Waals surface area contributed by atoms with Gasteiger partial charge in [0.25, 0.3) is 0 Å². The van der Waals surface area contributed by atoms with Crippen molar-refractivity contribution in [1.82, 2.24) is 9.62 Å². The van der Waals surface area contributed by atoms with E-state index in [1.165, 1.54) is 25.2 Å². The van der Waals surface area contributed by atoms with Crippen molar-refractivity contribution < 1.29 is 13.2 Å². The molecule has 0 saturated carbocycles. The van der Waals surface area contributed by atoms with Gasteiger partial charge in [0, 0.05) is 18.8 Å². The molecule has 0 aliphatic rings. The summed E-state index contributed by atoms with van der Waals surface area (Å²) in [7, 11) is -2.65. The summed E-state index contributed by atoms with van der Waals surface area (Å²) in [6, 6.07) is 5.66. The Hall–Kier alpha value is -2.11. The van der Waals surface area contributed by atoms with Crippen molar-refractivity contribution in [3.63, 3.8) is 0 Å². The predicted molar refractivity (Wildman–Crippen MR) is 78.7 cm³/mol. The van der Waals surface area contributed by atoms with Gasteiger partial charge in [-0.15, -0.1) is 0 Å². The van der Waals surface area contributed by atoms with Crippen LogP contribution in [0.25, 0.3) is 0 Å². The van der Waals surface area contributed by atoms with Crippen molar-refractivity contribution in [1.29, 1.82) is 5.26 Å². The Labute approximate surface area is 124 Å². The van der Waals surface area contributed by atoms with Crippen molar-refractivity contribution in [2.75, 3.05) is 19.3 Å². The zero-order valence-electron chi connectivity index (χ0n) is 12.1. The van der Waals surface area contributed by atoms with E-state index in [1.807, 2.05) is 0 Å². The molecular formula is C13H18N4O3S. The topological polar surface area (TPSA) is 116 Å². The number of hydrogen-bond acceptors (Lipinski definition) is 5. The van der Waals surface area contributed by atoms with E-state index in [-0.39, 0.29) is 23.0 Å². The third-order valence-electron chi connectivity index (χ3n) is 2.63. The Morgan fingerprint density at radius 1 is 1.48 bits per heavy atom. The van der Waals surface area contributed by atoms with Crippen LogP contribution in [0.3, 0.4) is 0 Å².